The number of carbonyl (C=O) groups is 2. The molecule has 1 fully saturated rings. The van der Waals surface area contributed by atoms with Crippen molar-refractivity contribution in [3.05, 3.63) is 35.0 Å². The summed E-state index contributed by atoms with van der Waals surface area (Å²) in [5.74, 6) is -0.546. The zero-order valence-corrected chi connectivity index (χ0v) is 19.7. The van der Waals surface area contributed by atoms with Crippen molar-refractivity contribution in [2.24, 2.45) is 0 Å². The molecule has 28 heavy (non-hydrogen) atoms. The van der Waals surface area contributed by atoms with E-state index in [0.29, 0.717) is 12.8 Å². The van der Waals surface area contributed by atoms with Crippen molar-refractivity contribution in [1.82, 2.24) is 0 Å². The average molecular weight is 652 g/mol. The van der Waals surface area contributed by atoms with Crippen molar-refractivity contribution in [2.45, 2.75) is 12.8 Å². The number of imide groups is 1. The first-order valence-corrected chi connectivity index (χ1v) is 5.00. The second kappa shape index (κ2) is 41.3. The predicted octanol–water partition coefficient (Wildman–Crippen LogP) is -2.29. The first-order chi connectivity index (χ1) is 10.2. The number of hydrogen-bond acceptors (Lipinski definition) is 10. The molecular formula is C8H24B4F4NO10U-5. The van der Waals surface area contributed by atoms with Gasteiger partial charge in [0.1, 0.15) is 0 Å². The largest absolute Gasteiger partial charge is 0.674 e. The summed E-state index contributed by atoms with van der Waals surface area (Å²) in [5.41, 5.74) is 0. The Morgan fingerprint density at radius 2 is 0.679 bits per heavy atom. The van der Waals surface area contributed by atoms with Gasteiger partial charge in [-0.1, -0.05) is 0 Å². The number of hydrogen-bond donors (Lipinski definition) is 8. The van der Waals surface area contributed by atoms with Crippen molar-refractivity contribution in [3.8, 4) is 0 Å². The van der Waals surface area contributed by atoms with Gasteiger partial charge >= 0.3 is 29.6 Å². The topological polar surface area (TPSA) is 210 Å². The van der Waals surface area contributed by atoms with E-state index in [1.165, 1.54) is 0 Å². The van der Waals surface area contributed by atoms with Crippen molar-refractivity contribution in [2.75, 3.05) is 0 Å². The Kier molecular flexibility index (Phi) is 83.3. The van der Waals surface area contributed by atoms with Crippen molar-refractivity contribution < 1.29 is 98.2 Å². The molecule has 2 amide bonds. The molecule has 1 rings (SSSR count). The molecule has 0 aromatic heterocycles. The Morgan fingerprint density at radius 1 is 0.571 bits per heavy atom. The minimum absolute atomic E-state index is 0. The third-order valence-electron chi connectivity index (χ3n) is 0.802. The molecule has 0 spiro atoms. The van der Waals surface area contributed by atoms with E-state index in [-0.39, 0.29) is 72.6 Å². The van der Waals surface area contributed by atoms with Gasteiger partial charge in [-0.15, -0.1) is 0 Å². The molecule has 0 saturated carbocycles. The number of nitrogens with zero attached hydrogens (tertiary/aromatic N) is 1. The van der Waals surface area contributed by atoms with Gasteiger partial charge in [0.15, 0.2) is 0 Å². The minimum Gasteiger partial charge on any atom is -0.596 e. The second-order valence-corrected chi connectivity index (χ2v) is 2.64. The second-order valence-electron chi connectivity index (χ2n) is 2.64. The van der Waals surface area contributed by atoms with E-state index in [9.17, 15) is 26.9 Å². The molecule has 1 aliphatic heterocycles. The van der Waals surface area contributed by atoms with Gasteiger partial charge in [0.05, 0.1) is 11.8 Å². The molecule has 20 heteroatoms. The van der Waals surface area contributed by atoms with Gasteiger partial charge in [0.25, 0.3) is 0 Å². The van der Waals surface area contributed by atoms with E-state index in [1.54, 1.807) is 0 Å². The number of rotatable bonds is 0. The van der Waals surface area contributed by atoms with Gasteiger partial charge in [0.2, 0.25) is 0 Å². The fraction of sp³-hybridized carbons (Fsp3) is 0.250. The summed E-state index contributed by atoms with van der Waals surface area (Å²) < 4.78 is 40.4. The maximum atomic E-state index is 10.1. The van der Waals surface area contributed by atoms with Crippen LogP contribution in [-0.2, 0) is 9.59 Å². The number of halogens is 4. The predicted molar refractivity (Wildman–Crippen MR) is 93.5 cm³/mol. The van der Waals surface area contributed by atoms with E-state index in [0.717, 1.165) is 0 Å². The Balaban J connectivity index is -0.0000000226. The molecule has 0 aliphatic carbocycles. The number of carbonyl (C=O) groups excluding carboxylic acids is 2. The SMILES string of the molecule is O=C1CCC(=O)[N-]1.OB(O)F.OB(O)F.OB(O)F.OB(O)F.[CH3-].[CH3-].[CH3-].[CH3-].[U]. The van der Waals surface area contributed by atoms with Gasteiger partial charge in [-0.05, 0) is 12.8 Å². The normalized spacial score (nSPS) is 8.86. The van der Waals surface area contributed by atoms with Gasteiger partial charge in [-0.2, -0.15) is 0 Å². The molecule has 11 nitrogen and oxygen atoms in total. The van der Waals surface area contributed by atoms with E-state index in [4.69, 9.17) is 40.2 Å². The van der Waals surface area contributed by atoms with Crippen LogP contribution in [0, 0.1) is 60.8 Å². The fourth-order valence-corrected chi connectivity index (χ4v) is 0.465. The first kappa shape index (κ1) is 56.5. The van der Waals surface area contributed by atoms with E-state index in [2.05, 4.69) is 5.32 Å². The van der Waals surface area contributed by atoms with Crippen LogP contribution in [0.5, 0.6) is 0 Å². The molecule has 1 heterocycles. The standard InChI is InChI=1S/C4H5NO2.4CH3.4BFH2O2.U/c6-3-1-2-4(7)5-3;;;;;4*2-1(3)4;/h1-2H2,(H,5,6,7);4*1H3;4*3-4H;/q;4*-1;;;;;/p-1. The molecule has 170 valence electrons. The summed E-state index contributed by atoms with van der Waals surface area (Å²) in [6, 6.07) is 0. The number of amides is 2. The molecule has 1 saturated heterocycles. The van der Waals surface area contributed by atoms with Gasteiger partial charge in [-0.25, -0.2) is 0 Å². The smallest absolute Gasteiger partial charge is 0.596 e. The Labute approximate surface area is 187 Å². The molecular weight excluding hydrogens is 627 g/mol. The molecule has 0 unspecified atom stereocenters. The van der Waals surface area contributed by atoms with Crippen LogP contribution in [0.2, 0.25) is 0 Å². The quantitative estimate of drug-likeness (QED) is 0.0609. The summed E-state index contributed by atoms with van der Waals surface area (Å²) in [4.78, 5) is 20.1. The van der Waals surface area contributed by atoms with E-state index >= 15 is 0 Å². The van der Waals surface area contributed by atoms with E-state index in [1.807, 2.05) is 0 Å². The molecule has 0 bridgehead atoms. The van der Waals surface area contributed by atoms with Crippen LogP contribution < -0.4 is 0 Å². The molecule has 0 aromatic rings. The summed E-state index contributed by atoms with van der Waals surface area (Å²) >= 11 is 0. The van der Waals surface area contributed by atoms with Crippen molar-refractivity contribution in [3.63, 3.8) is 0 Å². The fourth-order valence-electron chi connectivity index (χ4n) is 0.465. The van der Waals surface area contributed by atoms with Crippen LogP contribution in [0.4, 0.5) is 17.3 Å². The van der Waals surface area contributed by atoms with Crippen LogP contribution in [-0.4, -0.2) is 81.6 Å². The molecule has 1 aliphatic rings. The Morgan fingerprint density at radius 3 is 0.714 bits per heavy atom. The Hall–Kier alpha value is -0.148. The first-order valence-electron chi connectivity index (χ1n) is 5.00. The van der Waals surface area contributed by atoms with Gasteiger partial charge in [-0.3, -0.25) is 17.3 Å². The maximum absolute atomic E-state index is 10.1. The average Bonchev–Trinajstić information content (AvgIpc) is 2.58. The summed E-state index contributed by atoms with van der Waals surface area (Å²) in [7, 11) is -10.7. The molecule has 0 aromatic carbocycles. The van der Waals surface area contributed by atoms with Crippen LogP contribution in [0.15, 0.2) is 0 Å². The monoisotopic (exact) mass is 652 g/mol. The van der Waals surface area contributed by atoms with Crippen LogP contribution in [0.3, 0.4) is 0 Å². The third kappa shape index (κ3) is 204. The van der Waals surface area contributed by atoms with Gasteiger partial charge < -0.3 is 84.8 Å². The summed E-state index contributed by atoms with van der Waals surface area (Å²) in [6.45, 7) is 0. The molecule has 0 atom stereocenters. The van der Waals surface area contributed by atoms with Gasteiger partial charge in [0, 0.05) is 31.1 Å². The zero-order chi connectivity index (χ0) is 19.6. The van der Waals surface area contributed by atoms with E-state index < -0.39 is 29.6 Å². The summed E-state index contributed by atoms with van der Waals surface area (Å²) in [5, 5.41) is 58.7. The van der Waals surface area contributed by atoms with Crippen LogP contribution in [0.1, 0.15) is 12.8 Å². The van der Waals surface area contributed by atoms with Crippen LogP contribution in [0.25, 0.3) is 5.32 Å². The minimum atomic E-state index is -2.67. The molecule has 0 radical (unpaired) electrons. The third-order valence-corrected chi connectivity index (χ3v) is 0.802. The summed E-state index contributed by atoms with van der Waals surface area (Å²) in [6.07, 6.45) is 0.637. The maximum Gasteiger partial charge on any atom is 0.674 e. The molecule has 8 N–H and O–H groups in total. The van der Waals surface area contributed by atoms with Crippen molar-refractivity contribution in [1.29, 1.82) is 0 Å². The Bertz CT molecular complexity index is 253. The van der Waals surface area contributed by atoms with Crippen LogP contribution >= 0.6 is 0 Å². The zero-order valence-electron chi connectivity index (χ0n) is 15.6. The van der Waals surface area contributed by atoms with Crippen molar-refractivity contribution >= 4 is 41.4 Å².